The zero-order chi connectivity index (χ0) is 23.5. The van der Waals surface area contributed by atoms with E-state index in [4.69, 9.17) is 11.6 Å². The van der Waals surface area contributed by atoms with Gasteiger partial charge < -0.3 is 0 Å². The molecule has 34 heavy (non-hydrogen) atoms. The van der Waals surface area contributed by atoms with E-state index < -0.39 is 0 Å². The Bertz CT molecular complexity index is 1440. The van der Waals surface area contributed by atoms with Crippen LogP contribution in [0.5, 0.6) is 0 Å². The molecule has 1 amide bonds. The maximum atomic E-state index is 12.3. The number of amides is 1. The van der Waals surface area contributed by atoms with Crippen molar-refractivity contribution in [1.29, 1.82) is 0 Å². The van der Waals surface area contributed by atoms with Crippen molar-refractivity contribution in [3.05, 3.63) is 94.0 Å². The first kappa shape index (κ1) is 21.8. The number of hydrogen-bond acceptors (Lipinski definition) is 7. The molecule has 0 atom stereocenters. The highest BCUT2D eigenvalue weighted by Crippen LogP contribution is 2.28. The maximum Gasteiger partial charge on any atom is 0.264 e. The number of para-hydroxylation sites is 1. The molecular formula is C23H17ClN8OS. The molecule has 1 aliphatic rings. The molecular weight excluding hydrogens is 472 g/mol. The summed E-state index contributed by atoms with van der Waals surface area (Å²) in [6.07, 6.45) is 6.37. The minimum absolute atomic E-state index is 0.254. The fourth-order valence-electron chi connectivity index (χ4n) is 3.31. The Morgan fingerprint density at radius 3 is 2.68 bits per heavy atom. The minimum Gasteiger partial charge on any atom is -0.299 e. The van der Waals surface area contributed by atoms with E-state index in [0.29, 0.717) is 20.9 Å². The number of halogens is 1. The van der Waals surface area contributed by atoms with E-state index in [2.05, 4.69) is 30.7 Å². The summed E-state index contributed by atoms with van der Waals surface area (Å²) < 4.78 is 3.40. The highest BCUT2D eigenvalue weighted by atomic mass is 35.5. The third-order valence-corrected chi connectivity index (χ3v) is 6.14. The number of hydrogen-bond donors (Lipinski definition) is 1. The molecule has 9 nitrogen and oxygen atoms in total. The number of rotatable bonds is 5. The minimum atomic E-state index is -0.254. The smallest absolute Gasteiger partial charge is 0.264 e. The zero-order valence-electron chi connectivity index (χ0n) is 17.8. The predicted molar refractivity (Wildman–Crippen MR) is 133 cm³/mol. The number of carbonyl (C=O) groups excluding carboxylic acids is 1. The fourth-order valence-corrected chi connectivity index (χ4v) is 4.27. The third-order valence-electron chi connectivity index (χ3n) is 4.90. The summed E-state index contributed by atoms with van der Waals surface area (Å²) in [5.74, 6) is 0.419. The van der Waals surface area contributed by atoms with Crippen LogP contribution in [0.1, 0.15) is 16.8 Å². The van der Waals surface area contributed by atoms with E-state index in [9.17, 15) is 4.79 Å². The Labute approximate surface area is 203 Å². The number of aromatic nitrogens is 5. The number of nitrogens with one attached hydrogen (secondary N) is 1. The molecule has 0 bridgehead atoms. The van der Waals surface area contributed by atoms with Crippen LogP contribution in [-0.2, 0) is 4.79 Å². The van der Waals surface area contributed by atoms with Gasteiger partial charge in [-0.2, -0.15) is 15.3 Å². The Kier molecular flexibility index (Phi) is 6.07. The normalized spacial score (nSPS) is 16.1. The first-order valence-electron chi connectivity index (χ1n) is 10.2. The van der Waals surface area contributed by atoms with E-state index in [0.717, 1.165) is 22.5 Å². The number of aryl methyl sites for hydroxylation is 1. The molecule has 2 aromatic carbocycles. The average Bonchev–Trinajstić information content (AvgIpc) is 3.56. The fraction of sp³-hybridized carbons (Fsp3) is 0.0435. The molecule has 4 aromatic rings. The van der Waals surface area contributed by atoms with E-state index >= 15 is 0 Å². The summed E-state index contributed by atoms with van der Waals surface area (Å²) in [4.78, 5) is 16.9. The summed E-state index contributed by atoms with van der Waals surface area (Å²) in [6.45, 7) is 1.88. The Morgan fingerprint density at radius 2 is 1.91 bits per heavy atom. The highest BCUT2D eigenvalue weighted by molar-refractivity contribution is 8.18. The molecule has 0 spiro atoms. The predicted octanol–water partition coefficient (Wildman–Crippen LogP) is 4.01. The molecule has 1 fully saturated rings. The number of amidine groups is 1. The molecule has 0 radical (unpaired) electrons. The molecule has 1 aliphatic heterocycles. The van der Waals surface area contributed by atoms with E-state index in [1.165, 1.54) is 18.1 Å². The lowest BCUT2D eigenvalue weighted by Crippen LogP contribution is -2.19. The van der Waals surface area contributed by atoms with Crippen molar-refractivity contribution in [3.63, 3.8) is 0 Å². The van der Waals surface area contributed by atoms with Gasteiger partial charge in [-0.25, -0.2) is 14.3 Å². The van der Waals surface area contributed by atoms with Crippen LogP contribution in [0.4, 0.5) is 0 Å². The van der Waals surface area contributed by atoms with Gasteiger partial charge in [-0.15, -0.1) is 5.10 Å². The molecule has 0 saturated carbocycles. The van der Waals surface area contributed by atoms with Gasteiger partial charge in [-0.05, 0) is 48.5 Å². The topological polar surface area (TPSA) is 102 Å². The Balaban J connectivity index is 1.45. The van der Waals surface area contributed by atoms with Crippen LogP contribution >= 0.6 is 23.4 Å². The highest BCUT2D eigenvalue weighted by Gasteiger charge is 2.24. The number of thioether (sulfide) groups is 1. The van der Waals surface area contributed by atoms with Gasteiger partial charge in [0.2, 0.25) is 0 Å². The monoisotopic (exact) mass is 488 g/mol. The summed E-state index contributed by atoms with van der Waals surface area (Å²) >= 11 is 7.39. The molecule has 1 N–H and O–H groups in total. The van der Waals surface area contributed by atoms with Crippen molar-refractivity contribution in [2.24, 2.45) is 10.2 Å². The van der Waals surface area contributed by atoms with Crippen molar-refractivity contribution in [2.45, 2.75) is 6.92 Å². The SMILES string of the molecule is Cc1nn(-c2ccccc2)c(-n2cncn2)c1C=N/N=C1/NC(=O)C(=Cc2ccccc2Cl)S1. The average molecular weight is 489 g/mol. The second-order valence-corrected chi connectivity index (χ2v) is 8.58. The van der Waals surface area contributed by atoms with Gasteiger partial charge in [-0.1, -0.05) is 48.0 Å². The van der Waals surface area contributed by atoms with Crippen molar-refractivity contribution < 1.29 is 4.79 Å². The lowest BCUT2D eigenvalue weighted by molar-refractivity contribution is -0.115. The quantitative estimate of drug-likeness (QED) is 0.260. The molecule has 2 aromatic heterocycles. The maximum absolute atomic E-state index is 12.3. The van der Waals surface area contributed by atoms with Crippen LogP contribution in [0.2, 0.25) is 5.02 Å². The van der Waals surface area contributed by atoms with Gasteiger partial charge in [0.05, 0.1) is 28.1 Å². The Hall–Kier alpha value is -4.02. The largest absolute Gasteiger partial charge is 0.299 e. The van der Waals surface area contributed by atoms with Crippen LogP contribution in [0, 0.1) is 6.92 Å². The van der Waals surface area contributed by atoms with Gasteiger partial charge in [0.25, 0.3) is 5.91 Å². The van der Waals surface area contributed by atoms with Crippen molar-refractivity contribution in [2.75, 3.05) is 0 Å². The molecule has 3 heterocycles. The zero-order valence-corrected chi connectivity index (χ0v) is 19.4. The molecule has 11 heteroatoms. The van der Waals surface area contributed by atoms with Crippen LogP contribution in [0.25, 0.3) is 17.6 Å². The van der Waals surface area contributed by atoms with Crippen LogP contribution in [-0.4, -0.2) is 41.8 Å². The molecule has 168 valence electrons. The van der Waals surface area contributed by atoms with Gasteiger partial charge in [0, 0.05) is 5.02 Å². The van der Waals surface area contributed by atoms with Gasteiger partial charge in [0.1, 0.15) is 12.7 Å². The second-order valence-electron chi connectivity index (χ2n) is 7.15. The third kappa shape index (κ3) is 4.41. The summed E-state index contributed by atoms with van der Waals surface area (Å²) in [6, 6.07) is 17.0. The van der Waals surface area contributed by atoms with E-state index in [1.807, 2.05) is 55.5 Å². The summed E-state index contributed by atoms with van der Waals surface area (Å²) in [5, 5.41) is 21.0. The Morgan fingerprint density at radius 1 is 1.12 bits per heavy atom. The van der Waals surface area contributed by atoms with Crippen molar-refractivity contribution >= 4 is 46.7 Å². The van der Waals surface area contributed by atoms with E-state index in [1.54, 1.807) is 34.0 Å². The summed E-state index contributed by atoms with van der Waals surface area (Å²) in [5.41, 5.74) is 3.09. The van der Waals surface area contributed by atoms with Crippen LogP contribution in [0.15, 0.2) is 82.4 Å². The second kappa shape index (κ2) is 9.46. The van der Waals surface area contributed by atoms with Crippen LogP contribution in [0.3, 0.4) is 0 Å². The number of nitrogens with zero attached hydrogens (tertiary/aromatic N) is 7. The molecule has 5 rings (SSSR count). The van der Waals surface area contributed by atoms with Crippen LogP contribution < -0.4 is 5.32 Å². The molecule has 1 saturated heterocycles. The lowest BCUT2D eigenvalue weighted by Gasteiger charge is -2.07. The van der Waals surface area contributed by atoms with Crippen molar-refractivity contribution in [1.82, 2.24) is 29.9 Å². The van der Waals surface area contributed by atoms with Gasteiger partial charge >= 0.3 is 0 Å². The summed E-state index contributed by atoms with van der Waals surface area (Å²) in [7, 11) is 0. The van der Waals surface area contributed by atoms with Crippen molar-refractivity contribution in [3.8, 4) is 11.5 Å². The lowest BCUT2D eigenvalue weighted by atomic mass is 10.2. The molecule has 0 aliphatic carbocycles. The van der Waals surface area contributed by atoms with E-state index in [-0.39, 0.29) is 5.91 Å². The number of carbonyl (C=O) groups is 1. The van der Waals surface area contributed by atoms with Gasteiger partial charge in [0.15, 0.2) is 11.0 Å². The first-order chi connectivity index (χ1) is 16.6. The first-order valence-corrected chi connectivity index (χ1v) is 11.4. The number of benzene rings is 2. The standard InChI is InChI=1S/C23H17ClN8OS/c1-15-18(22(31-14-25-13-27-31)32(30-15)17-8-3-2-4-9-17)12-26-29-23-28-21(33)20(34-23)11-16-7-5-6-10-19(16)24/h2-14H,1H3,(H,28,29,33). The van der Waals surface area contributed by atoms with Gasteiger partial charge in [-0.3, -0.25) is 10.1 Å². The molecule has 0 unspecified atom stereocenters.